The molecule has 3 rings (SSSR count). The second-order valence-electron chi connectivity index (χ2n) is 5.96. The van der Waals surface area contributed by atoms with Crippen molar-refractivity contribution in [3.8, 4) is 5.75 Å². The number of carbonyl (C=O) groups excluding carboxylic acids is 1. The summed E-state index contributed by atoms with van der Waals surface area (Å²) in [5.74, 6) is 0.814. The number of hydrogen-bond acceptors (Lipinski definition) is 6. The van der Waals surface area contributed by atoms with Gasteiger partial charge in [0.15, 0.2) is 0 Å². The molecule has 0 unspecified atom stereocenters. The van der Waals surface area contributed by atoms with Crippen LogP contribution in [0.1, 0.15) is 15.9 Å². The third-order valence-electron chi connectivity index (χ3n) is 4.07. The summed E-state index contributed by atoms with van der Waals surface area (Å²) in [4.78, 5) is 20.5. The Hall–Kier alpha value is -3.68. The molecule has 0 aliphatic carbocycles. The van der Waals surface area contributed by atoms with Crippen LogP contribution in [-0.2, 0) is 0 Å². The minimum absolute atomic E-state index is 0.283. The van der Waals surface area contributed by atoms with Gasteiger partial charge in [0.2, 0.25) is 0 Å². The first-order valence-electron chi connectivity index (χ1n) is 8.53. The van der Waals surface area contributed by atoms with Crippen LogP contribution in [0, 0.1) is 12.7 Å². The molecule has 144 valence electrons. The van der Waals surface area contributed by atoms with Crippen molar-refractivity contribution in [2.75, 3.05) is 24.8 Å². The van der Waals surface area contributed by atoms with Crippen LogP contribution < -0.4 is 20.7 Å². The highest BCUT2D eigenvalue weighted by Crippen LogP contribution is 2.33. The summed E-state index contributed by atoms with van der Waals surface area (Å²) in [6.07, 6.45) is 2.57. The summed E-state index contributed by atoms with van der Waals surface area (Å²) in [5, 5.41) is 8.86. The fraction of sp³-hybridized carbons (Fsp3) is 0.150. The molecule has 0 bridgehead atoms. The van der Waals surface area contributed by atoms with Gasteiger partial charge in [-0.1, -0.05) is 12.1 Å². The van der Waals surface area contributed by atoms with Crippen molar-refractivity contribution in [3.63, 3.8) is 0 Å². The van der Waals surface area contributed by atoms with Crippen LogP contribution in [0.2, 0.25) is 0 Å². The topological polar surface area (TPSA) is 88.2 Å². The van der Waals surface area contributed by atoms with E-state index in [2.05, 4.69) is 25.9 Å². The van der Waals surface area contributed by atoms with Gasteiger partial charge in [-0.2, -0.15) is 0 Å². The summed E-state index contributed by atoms with van der Waals surface area (Å²) in [6.45, 7) is 1.94. The smallest absolute Gasteiger partial charge is 0.254 e. The van der Waals surface area contributed by atoms with E-state index in [1.54, 1.807) is 20.2 Å². The minimum atomic E-state index is -0.428. The lowest BCUT2D eigenvalue weighted by Gasteiger charge is -2.17. The van der Waals surface area contributed by atoms with Gasteiger partial charge in [0.1, 0.15) is 23.2 Å². The monoisotopic (exact) mass is 381 g/mol. The maximum Gasteiger partial charge on any atom is 0.254 e. The van der Waals surface area contributed by atoms with E-state index < -0.39 is 5.82 Å². The highest BCUT2D eigenvalue weighted by atomic mass is 19.1. The number of halogens is 1. The predicted molar refractivity (Wildman–Crippen MR) is 106 cm³/mol. The molecule has 0 fully saturated rings. The maximum atomic E-state index is 13.0. The van der Waals surface area contributed by atoms with Crippen molar-refractivity contribution in [2.45, 2.75) is 6.92 Å². The van der Waals surface area contributed by atoms with E-state index in [1.807, 2.05) is 25.1 Å². The molecular weight excluding hydrogens is 361 g/mol. The van der Waals surface area contributed by atoms with Gasteiger partial charge in [0.05, 0.1) is 30.2 Å². The fourth-order valence-electron chi connectivity index (χ4n) is 2.63. The molecule has 2 aromatic heterocycles. The average Bonchev–Trinajstić information content (AvgIpc) is 2.71. The zero-order valence-corrected chi connectivity index (χ0v) is 15.7. The first kappa shape index (κ1) is 19.1. The largest absolute Gasteiger partial charge is 0.495 e. The summed E-state index contributed by atoms with van der Waals surface area (Å²) in [6, 6.07) is 10.1. The summed E-state index contributed by atoms with van der Waals surface area (Å²) < 4.78 is 18.5. The molecule has 28 heavy (non-hydrogen) atoms. The first-order valence-corrected chi connectivity index (χ1v) is 8.53. The molecule has 0 spiro atoms. The van der Waals surface area contributed by atoms with Crippen LogP contribution in [-0.4, -0.2) is 30.0 Å². The van der Waals surface area contributed by atoms with E-state index in [1.165, 1.54) is 18.3 Å². The number of anilines is 4. The Bertz CT molecular complexity index is 992. The number of methoxy groups -OCH3 is 1. The van der Waals surface area contributed by atoms with Crippen LogP contribution >= 0.6 is 0 Å². The number of hydrogen-bond donors (Lipinski definition) is 3. The fourth-order valence-corrected chi connectivity index (χ4v) is 2.63. The highest BCUT2D eigenvalue weighted by molar-refractivity contribution is 6.00. The lowest BCUT2D eigenvalue weighted by atomic mass is 10.1. The van der Waals surface area contributed by atoms with E-state index in [9.17, 15) is 9.18 Å². The van der Waals surface area contributed by atoms with Crippen molar-refractivity contribution in [2.24, 2.45) is 0 Å². The normalized spacial score (nSPS) is 10.3. The van der Waals surface area contributed by atoms with Crippen molar-refractivity contribution >= 4 is 28.9 Å². The third kappa shape index (κ3) is 4.17. The molecule has 0 aliphatic heterocycles. The average molecular weight is 381 g/mol. The zero-order chi connectivity index (χ0) is 20.1. The summed E-state index contributed by atoms with van der Waals surface area (Å²) in [5.41, 5.74) is 2.60. The first-order chi connectivity index (χ1) is 13.5. The molecule has 3 N–H and O–H groups in total. The van der Waals surface area contributed by atoms with E-state index in [0.29, 0.717) is 28.6 Å². The van der Waals surface area contributed by atoms with E-state index >= 15 is 0 Å². The Morgan fingerprint density at radius 1 is 1.07 bits per heavy atom. The number of aromatic nitrogens is 2. The SMILES string of the molecule is CNC(=O)c1cnc(Nc2ccc(F)cn2)cc1Nc1c(C)cccc1OC. The van der Waals surface area contributed by atoms with Crippen LogP contribution in [0.25, 0.3) is 0 Å². The quantitative estimate of drug-likeness (QED) is 0.602. The van der Waals surface area contributed by atoms with Gasteiger partial charge < -0.3 is 20.7 Å². The molecule has 0 atom stereocenters. The number of nitrogens with one attached hydrogen (secondary N) is 3. The molecule has 0 radical (unpaired) electrons. The Labute approximate surface area is 162 Å². The van der Waals surface area contributed by atoms with Crippen molar-refractivity contribution in [3.05, 3.63) is 65.7 Å². The van der Waals surface area contributed by atoms with E-state index in [-0.39, 0.29) is 5.91 Å². The van der Waals surface area contributed by atoms with Crippen LogP contribution in [0.3, 0.4) is 0 Å². The van der Waals surface area contributed by atoms with Gasteiger partial charge >= 0.3 is 0 Å². The molecule has 1 aromatic carbocycles. The lowest BCUT2D eigenvalue weighted by Crippen LogP contribution is -2.19. The summed E-state index contributed by atoms with van der Waals surface area (Å²) in [7, 11) is 3.13. The van der Waals surface area contributed by atoms with Crippen LogP contribution in [0.15, 0.2) is 48.8 Å². The molecule has 0 saturated heterocycles. The predicted octanol–water partition coefficient (Wildman–Crippen LogP) is 3.78. The zero-order valence-electron chi connectivity index (χ0n) is 15.7. The van der Waals surface area contributed by atoms with Gasteiger partial charge in [-0.25, -0.2) is 14.4 Å². The number of rotatable bonds is 6. The molecule has 8 heteroatoms. The third-order valence-corrected chi connectivity index (χ3v) is 4.07. The van der Waals surface area contributed by atoms with E-state index in [0.717, 1.165) is 17.4 Å². The standard InChI is InChI=1S/C20H20FN5O2/c1-12-5-4-6-16(28-3)19(12)25-15-9-18(24-11-14(15)20(27)22-2)26-17-8-7-13(21)10-23-17/h4-11H,1-3H3,(H,22,27)(H2,23,24,25,26). The molecule has 0 aliphatic rings. The van der Waals surface area contributed by atoms with Crippen molar-refractivity contribution < 1.29 is 13.9 Å². The number of benzene rings is 1. The van der Waals surface area contributed by atoms with E-state index in [4.69, 9.17) is 4.74 Å². The summed E-state index contributed by atoms with van der Waals surface area (Å²) >= 11 is 0. The number of ether oxygens (including phenoxy) is 1. The number of pyridine rings is 2. The van der Waals surface area contributed by atoms with Crippen LogP contribution in [0.4, 0.5) is 27.4 Å². The minimum Gasteiger partial charge on any atom is -0.495 e. The van der Waals surface area contributed by atoms with Gasteiger partial charge in [-0.05, 0) is 30.7 Å². The number of amides is 1. The van der Waals surface area contributed by atoms with Gasteiger partial charge in [-0.3, -0.25) is 4.79 Å². The van der Waals surface area contributed by atoms with Gasteiger partial charge in [0, 0.05) is 19.3 Å². The second kappa shape index (κ2) is 8.34. The Morgan fingerprint density at radius 2 is 1.86 bits per heavy atom. The van der Waals surface area contributed by atoms with Crippen LogP contribution in [0.5, 0.6) is 5.75 Å². The highest BCUT2D eigenvalue weighted by Gasteiger charge is 2.15. The number of nitrogens with zero attached hydrogens (tertiary/aromatic N) is 2. The molecule has 2 heterocycles. The molecule has 7 nitrogen and oxygen atoms in total. The Morgan fingerprint density at radius 3 is 2.54 bits per heavy atom. The molecule has 1 amide bonds. The van der Waals surface area contributed by atoms with Gasteiger partial charge in [-0.15, -0.1) is 0 Å². The maximum absolute atomic E-state index is 13.0. The second-order valence-corrected chi connectivity index (χ2v) is 5.96. The Kier molecular flexibility index (Phi) is 5.69. The number of carbonyl (C=O) groups is 1. The number of para-hydroxylation sites is 1. The Balaban J connectivity index is 1.99. The van der Waals surface area contributed by atoms with Gasteiger partial charge in [0.25, 0.3) is 5.91 Å². The molecule has 0 saturated carbocycles. The van der Waals surface area contributed by atoms with Crippen molar-refractivity contribution in [1.82, 2.24) is 15.3 Å². The molecule has 3 aromatic rings. The molecular formula is C20H20FN5O2. The lowest BCUT2D eigenvalue weighted by molar-refractivity contribution is 0.0963. The number of aryl methyl sites for hydroxylation is 1. The van der Waals surface area contributed by atoms with Crippen molar-refractivity contribution in [1.29, 1.82) is 0 Å².